The number of amides is 1. The van der Waals surface area contributed by atoms with Crippen molar-refractivity contribution in [3.05, 3.63) is 59.7 Å². The Kier molecular flexibility index (Phi) is 12.7. The van der Waals surface area contributed by atoms with Crippen LogP contribution in [0.1, 0.15) is 44.2 Å². The van der Waals surface area contributed by atoms with Crippen LogP contribution < -0.4 is 5.32 Å². The van der Waals surface area contributed by atoms with Crippen molar-refractivity contribution >= 4 is 12.1 Å². The monoisotopic (exact) mass is 543 g/mol. The number of benzene rings is 2. The Bertz CT molecular complexity index is 990. The second-order valence-corrected chi connectivity index (χ2v) is 10.1. The van der Waals surface area contributed by atoms with Crippen molar-refractivity contribution in [2.75, 3.05) is 66.0 Å². The summed E-state index contributed by atoms with van der Waals surface area (Å²) in [5, 5.41) is 2.79. The normalized spacial score (nSPS) is 12.6. The molecular formula is C30H41NO8. The lowest BCUT2D eigenvalue weighted by atomic mass is 9.98. The molecule has 0 aromatic heterocycles. The maximum absolute atomic E-state index is 12.2. The van der Waals surface area contributed by atoms with Gasteiger partial charge >= 0.3 is 12.1 Å². The largest absolute Gasteiger partial charge is 0.458 e. The average Bonchev–Trinajstić information content (AvgIpc) is 3.22. The van der Waals surface area contributed by atoms with E-state index in [1.54, 1.807) is 0 Å². The third-order valence-electron chi connectivity index (χ3n) is 5.83. The van der Waals surface area contributed by atoms with E-state index in [9.17, 15) is 9.59 Å². The summed E-state index contributed by atoms with van der Waals surface area (Å²) in [4.78, 5) is 23.7. The molecule has 9 heteroatoms. The van der Waals surface area contributed by atoms with Crippen LogP contribution in [0.5, 0.6) is 0 Å². The number of esters is 1. The number of hydrogen-bond acceptors (Lipinski definition) is 8. The predicted octanol–water partition coefficient (Wildman–Crippen LogP) is 4.32. The first-order chi connectivity index (χ1) is 18.8. The average molecular weight is 544 g/mol. The SMILES string of the molecule is CC(C)(C)OC(=O)COCCOCCOCCOCCCNC(=O)OCC1c2ccccc2-c2ccccc21. The van der Waals surface area contributed by atoms with Crippen molar-refractivity contribution in [1.82, 2.24) is 5.32 Å². The fraction of sp³-hybridized carbons (Fsp3) is 0.533. The van der Waals surface area contributed by atoms with Crippen molar-refractivity contribution in [3.8, 4) is 11.1 Å². The van der Waals surface area contributed by atoms with E-state index in [0.717, 1.165) is 0 Å². The Morgan fingerprint density at radius 2 is 1.26 bits per heavy atom. The zero-order valence-electron chi connectivity index (χ0n) is 23.2. The summed E-state index contributed by atoms with van der Waals surface area (Å²) in [6, 6.07) is 16.5. The molecule has 3 rings (SSSR count). The quantitative estimate of drug-likeness (QED) is 0.233. The third-order valence-corrected chi connectivity index (χ3v) is 5.83. The molecule has 0 atom stereocenters. The van der Waals surface area contributed by atoms with Crippen LogP contribution in [0.4, 0.5) is 4.79 Å². The highest BCUT2D eigenvalue weighted by Gasteiger charge is 2.28. The van der Waals surface area contributed by atoms with Crippen molar-refractivity contribution in [2.45, 2.75) is 38.7 Å². The molecule has 2 aromatic rings. The molecular weight excluding hydrogens is 502 g/mol. The third kappa shape index (κ3) is 11.0. The van der Waals surface area contributed by atoms with E-state index in [1.165, 1.54) is 22.3 Å². The number of alkyl carbamates (subject to hydrolysis) is 1. The van der Waals surface area contributed by atoms with Crippen molar-refractivity contribution < 1.29 is 38.0 Å². The molecule has 0 saturated heterocycles. The maximum Gasteiger partial charge on any atom is 0.407 e. The molecule has 0 bridgehead atoms. The molecule has 0 spiro atoms. The number of carbonyl (C=O) groups excluding carboxylic acids is 2. The molecule has 1 aliphatic carbocycles. The Morgan fingerprint density at radius 3 is 1.82 bits per heavy atom. The first-order valence-electron chi connectivity index (χ1n) is 13.5. The second-order valence-electron chi connectivity index (χ2n) is 10.1. The van der Waals surface area contributed by atoms with Gasteiger partial charge in [-0.1, -0.05) is 48.5 Å². The second kappa shape index (κ2) is 16.2. The van der Waals surface area contributed by atoms with Crippen LogP contribution in [0, 0.1) is 0 Å². The number of rotatable bonds is 17. The Labute approximate surface area is 231 Å². The molecule has 0 radical (unpaired) electrons. The molecule has 2 aromatic carbocycles. The smallest absolute Gasteiger partial charge is 0.407 e. The van der Waals surface area contributed by atoms with E-state index in [1.807, 2.05) is 45.0 Å². The van der Waals surface area contributed by atoms with Crippen LogP contribution >= 0.6 is 0 Å². The minimum Gasteiger partial charge on any atom is -0.458 e. The molecule has 214 valence electrons. The van der Waals surface area contributed by atoms with Gasteiger partial charge in [-0.25, -0.2) is 9.59 Å². The van der Waals surface area contributed by atoms with Gasteiger partial charge in [-0.15, -0.1) is 0 Å². The van der Waals surface area contributed by atoms with Gasteiger partial charge in [0.25, 0.3) is 0 Å². The number of nitrogens with one attached hydrogen (secondary N) is 1. The number of hydrogen-bond donors (Lipinski definition) is 1. The molecule has 0 heterocycles. The van der Waals surface area contributed by atoms with Gasteiger partial charge in [0, 0.05) is 19.1 Å². The Balaban J connectivity index is 1.12. The zero-order valence-corrected chi connectivity index (χ0v) is 23.2. The summed E-state index contributed by atoms with van der Waals surface area (Å²) in [6.07, 6.45) is 0.256. The minimum absolute atomic E-state index is 0.0503. The highest BCUT2D eigenvalue weighted by atomic mass is 16.6. The van der Waals surface area contributed by atoms with Crippen LogP contribution in [-0.2, 0) is 33.2 Å². The first-order valence-corrected chi connectivity index (χ1v) is 13.5. The highest BCUT2D eigenvalue weighted by Crippen LogP contribution is 2.44. The van der Waals surface area contributed by atoms with Crippen LogP contribution in [0.25, 0.3) is 11.1 Å². The molecule has 0 unspecified atom stereocenters. The van der Waals surface area contributed by atoms with Gasteiger partial charge < -0.3 is 33.7 Å². The summed E-state index contributed by atoms with van der Waals surface area (Å²) in [6.45, 7) is 9.11. The molecule has 0 fully saturated rings. The molecule has 39 heavy (non-hydrogen) atoms. The van der Waals surface area contributed by atoms with Crippen LogP contribution in [0.15, 0.2) is 48.5 Å². The van der Waals surface area contributed by atoms with Crippen LogP contribution in [0.2, 0.25) is 0 Å². The van der Waals surface area contributed by atoms with E-state index in [4.69, 9.17) is 28.4 Å². The van der Waals surface area contributed by atoms with E-state index >= 15 is 0 Å². The molecule has 1 N–H and O–H groups in total. The summed E-state index contributed by atoms with van der Waals surface area (Å²) < 4.78 is 32.3. The minimum atomic E-state index is -0.514. The number of carbonyl (C=O) groups is 2. The van der Waals surface area contributed by atoms with Gasteiger partial charge in [-0.05, 0) is 49.4 Å². The molecule has 1 amide bonds. The summed E-state index contributed by atoms with van der Waals surface area (Å²) in [5.74, 6) is -0.340. The van der Waals surface area contributed by atoms with E-state index < -0.39 is 11.7 Å². The molecule has 0 aliphatic heterocycles. The summed E-state index contributed by atoms with van der Waals surface area (Å²) in [5.41, 5.74) is 4.28. The molecule has 9 nitrogen and oxygen atoms in total. The van der Waals surface area contributed by atoms with Crippen LogP contribution in [0.3, 0.4) is 0 Å². The lowest BCUT2D eigenvalue weighted by Gasteiger charge is -2.19. The van der Waals surface area contributed by atoms with Gasteiger partial charge in [-0.3, -0.25) is 0 Å². The van der Waals surface area contributed by atoms with Crippen LogP contribution in [-0.4, -0.2) is 83.7 Å². The van der Waals surface area contributed by atoms with Gasteiger partial charge in [0.1, 0.15) is 18.8 Å². The highest BCUT2D eigenvalue weighted by molar-refractivity contribution is 5.79. The lowest BCUT2D eigenvalue weighted by Crippen LogP contribution is -2.27. The standard InChI is InChI=1S/C30H41NO8/c1-30(2,3)39-28(32)22-37-20-19-36-18-17-35-16-15-34-14-8-13-31-29(33)38-21-27-25-11-6-4-9-23(25)24-10-5-7-12-26(24)27/h4-7,9-12,27H,8,13-22H2,1-3H3,(H,31,33). The topological polar surface area (TPSA) is 102 Å². The van der Waals surface area contributed by atoms with Gasteiger partial charge in [-0.2, -0.15) is 0 Å². The number of fused-ring (bicyclic) bond motifs is 3. The Morgan fingerprint density at radius 1 is 0.744 bits per heavy atom. The van der Waals surface area contributed by atoms with Gasteiger partial charge in [0.05, 0.1) is 39.6 Å². The maximum atomic E-state index is 12.2. The van der Waals surface area contributed by atoms with Gasteiger partial charge in [0.15, 0.2) is 0 Å². The molecule has 1 aliphatic rings. The van der Waals surface area contributed by atoms with Gasteiger partial charge in [0.2, 0.25) is 0 Å². The Hall–Kier alpha value is -2.98. The molecule has 0 saturated carbocycles. The van der Waals surface area contributed by atoms with E-state index in [-0.39, 0.29) is 18.5 Å². The predicted molar refractivity (Wildman–Crippen MR) is 147 cm³/mol. The van der Waals surface area contributed by atoms with E-state index in [0.29, 0.717) is 65.8 Å². The number of ether oxygens (including phenoxy) is 6. The fourth-order valence-electron chi connectivity index (χ4n) is 4.20. The summed E-state index contributed by atoms with van der Waals surface area (Å²) >= 11 is 0. The summed E-state index contributed by atoms with van der Waals surface area (Å²) in [7, 11) is 0. The van der Waals surface area contributed by atoms with Crippen molar-refractivity contribution in [1.29, 1.82) is 0 Å². The zero-order chi connectivity index (χ0) is 27.9. The van der Waals surface area contributed by atoms with E-state index in [2.05, 4.69) is 29.6 Å². The van der Waals surface area contributed by atoms with Crippen molar-refractivity contribution in [3.63, 3.8) is 0 Å². The first kappa shape index (κ1) is 30.6. The lowest BCUT2D eigenvalue weighted by molar-refractivity contribution is -0.160. The fourth-order valence-corrected chi connectivity index (χ4v) is 4.20. The van der Waals surface area contributed by atoms with Crippen molar-refractivity contribution in [2.24, 2.45) is 0 Å².